The average molecular weight is 366 g/mol. The number of fused-ring (bicyclic) bond motifs is 3. The highest BCUT2D eigenvalue weighted by Gasteiger charge is 2.44. The predicted octanol–water partition coefficient (Wildman–Crippen LogP) is 2.05. The van der Waals surface area contributed by atoms with Crippen LogP contribution in [0.15, 0.2) is 0 Å². The largest absolute Gasteiger partial charge is 0.471 e. The smallest absolute Gasteiger partial charge is 0.348 e. The van der Waals surface area contributed by atoms with Crippen molar-refractivity contribution in [1.29, 1.82) is 0 Å². The number of amides is 1. The van der Waals surface area contributed by atoms with Crippen molar-refractivity contribution in [1.82, 2.24) is 20.0 Å². The summed E-state index contributed by atoms with van der Waals surface area (Å²) in [4.78, 5) is 12.9. The molecule has 0 fully saturated rings. The second-order valence-corrected chi connectivity index (χ2v) is 6.76. The second-order valence-electron chi connectivity index (χ2n) is 6.76. The van der Waals surface area contributed by atoms with Gasteiger partial charge in [-0.1, -0.05) is 0 Å². The summed E-state index contributed by atoms with van der Waals surface area (Å²) in [6.45, 7) is 0.869. The quantitative estimate of drug-likeness (QED) is 0.816. The van der Waals surface area contributed by atoms with Gasteiger partial charge in [0.05, 0.1) is 5.69 Å². The standard InChI is InChI=1S/C15H19F5N4O/c1-23-5-3-11-10(8-23)12-14(16,17)4-2-9(7-24(12)22-11)6-21-13(25)15(18,19)20/h9H,2-8H2,1H3,(H,21,25). The third-order valence-electron chi connectivity index (χ3n) is 4.75. The zero-order chi connectivity index (χ0) is 18.4. The van der Waals surface area contributed by atoms with Gasteiger partial charge in [-0.15, -0.1) is 0 Å². The monoisotopic (exact) mass is 366 g/mol. The Labute approximate surface area is 141 Å². The number of hydrogen-bond acceptors (Lipinski definition) is 3. The van der Waals surface area contributed by atoms with Crippen molar-refractivity contribution >= 4 is 5.91 Å². The van der Waals surface area contributed by atoms with Crippen molar-refractivity contribution in [2.45, 2.75) is 44.5 Å². The van der Waals surface area contributed by atoms with Crippen molar-refractivity contribution in [3.05, 3.63) is 17.0 Å². The van der Waals surface area contributed by atoms with Crippen LogP contribution in [-0.2, 0) is 30.2 Å². The summed E-state index contributed by atoms with van der Waals surface area (Å²) < 4.78 is 67.3. The normalized spacial score (nSPS) is 23.5. The van der Waals surface area contributed by atoms with Gasteiger partial charge in [-0.25, -0.2) is 0 Å². The molecule has 2 aliphatic heterocycles. The lowest BCUT2D eigenvalue weighted by molar-refractivity contribution is -0.173. The van der Waals surface area contributed by atoms with Gasteiger partial charge >= 0.3 is 12.1 Å². The highest BCUT2D eigenvalue weighted by Crippen LogP contribution is 2.41. The van der Waals surface area contributed by atoms with Crippen LogP contribution in [0.3, 0.4) is 0 Å². The van der Waals surface area contributed by atoms with E-state index in [9.17, 15) is 26.7 Å². The van der Waals surface area contributed by atoms with Crippen LogP contribution in [0.2, 0.25) is 0 Å². The molecule has 1 N–H and O–H groups in total. The fourth-order valence-electron chi connectivity index (χ4n) is 3.45. The molecule has 0 spiro atoms. The van der Waals surface area contributed by atoms with E-state index in [0.29, 0.717) is 24.2 Å². The molecule has 10 heteroatoms. The summed E-state index contributed by atoms with van der Waals surface area (Å²) in [5, 5.41) is 6.07. The highest BCUT2D eigenvalue weighted by atomic mass is 19.4. The first-order valence-corrected chi connectivity index (χ1v) is 8.08. The first-order valence-electron chi connectivity index (χ1n) is 8.08. The van der Waals surface area contributed by atoms with Crippen molar-refractivity contribution in [3.8, 4) is 0 Å². The minimum atomic E-state index is -4.98. The van der Waals surface area contributed by atoms with Gasteiger partial charge in [-0.05, 0) is 19.4 Å². The lowest BCUT2D eigenvalue weighted by atomic mass is 9.98. The number of likely N-dealkylation sites (N-methyl/N-ethyl adjacent to an activating group) is 1. The van der Waals surface area contributed by atoms with E-state index < -0.39 is 30.3 Å². The molecule has 1 amide bonds. The van der Waals surface area contributed by atoms with Gasteiger partial charge in [-0.2, -0.15) is 27.1 Å². The van der Waals surface area contributed by atoms with Gasteiger partial charge < -0.3 is 10.2 Å². The van der Waals surface area contributed by atoms with Crippen LogP contribution in [0.1, 0.15) is 29.8 Å². The number of carbonyl (C=O) groups excluding carboxylic acids is 1. The Morgan fingerprint density at radius 2 is 2.12 bits per heavy atom. The van der Waals surface area contributed by atoms with Crippen LogP contribution in [0.5, 0.6) is 0 Å². The lowest BCUT2D eigenvalue weighted by Crippen LogP contribution is -2.40. The summed E-state index contributed by atoms with van der Waals surface area (Å²) in [6.07, 6.45) is -4.87. The zero-order valence-corrected chi connectivity index (χ0v) is 13.7. The first-order chi connectivity index (χ1) is 11.6. The van der Waals surface area contributed by atoms with Crippen molar-refractivity contribution in [2.75, 3.05) is 20.1 Å². The molecule has 5 nitrogen and oxygen atoms in total. The van der Waals surface area contributed by atoms with E-state index in [-0.39, 0.29) is 25.2 Å². The molecule has 0 aromatic carbocycles. The zero-order valence-electron chi connectivity index (χ0n) is 13.7. The number of nitrogens with one attached hydrogen (secondary N) is 1. The maximum absolute atomic E-state index is 14.6. The predicted molar refractivity (Wildman–Crippen MR) is 77.9 cm³/mol. The van der Waals surface area contributed by atoms with Crippen molar-refractivity contribution < 1.29 is 26.7 Å². The number of aromatic nitrogens is 2. The molecule has 1 atom stereocenters. The topological polar surface area (TPSA) is 50.2 Å². The van der Waals surface area contributed by atoms with Crippen LogP contribution >= 0.6 is 0 Å². The van der Waals surface area contributed by atoms with Crippen molar-refractivity contribution in [3.63, 3.8) is 0 Å². The van der Waals surface area contributed by atoms with E-state index >= 15 is 0 Å². The molecule has 0 aliphatic carbocycles. The molecular weight excluding hydrogens is 347 g/mol. The van der Waals surface area contributed by atoms with E-state index in [0.717, 1.165) is 6.54 Å². The summed E-state index contributed by atoms with van der Waals surface area (Å²) >= 11 is 0. The summed E-state index contributed by atoms with van der Waals surface area (Å²) in [7, 11) is 1.84. The Hall–Kier alpha value is -1.71. The van der Waals surface area contributed by atoms with Crippen LogP contribution in [0.25, 0.3) is 0 Å². The summed E-state index contributed by atoms with van der Waals surface area (Å²) in [5.74, 6) is -5.66. The van der Waals surface area contributed by atoms with Gasteiger partial charge in [0, 0.05) is 44.6 Å². The number of hydrogen-bond donors (Lipinski definition) is 1. The van der Waals surface area contributed by atoms with Crippen LogP contribution in [0.4, 0.5) is 22.0 Å². The van der Waals surface area contributed by atoms with E-state index in [2.05, 4.69) is 5.10 Å². The SMILES string of the molecule is CN1CCc2nn3c(c2C1)C(F)(F)CCC(CNC(=O)C(F)(F)F)C3. The Morgan fingerprint density at radius 1 is 1.40 bits per heavy atom. The van der Waals surface area contributed by atoms with Gasteiger partial charge in [0.1, 0.15) is 5.69 Å². The minimum absolute atomic E-state index is 0.0130. The van der Waals surface area contributed by atoms with Crippen LogP contribution in [0, 0.1) is 5.92 Å². The number of nitrogens with zero attached hydrogens (tertiary/aromatic N) is 3. The maximum Gasteiger partial charge on any atom is 0.471 e. The molecular formula is C15H19F5N4O. The summed E-state index contributed by atoms with van der Waals surface area (Å²) in [5.41, 5.74) is 1.03. The van der Waals surface area contributed by atoms with E-state index in [4.69, 9.17) is 0 Å². The number of carbonyl (C=O) groups is 1. The fraction of sp³-hybridized carbons (Fsp3) is 0.733. The number of alkyl halides is 5. The number of halogens is 5. The van der Waals surface area contributed by atoms with Gasteiger partial charge in [0.25, 0.3) is 5.92 Å². The molecule has 1 aromatic rings. The Morgan fingerprint density at radius 3 is 2.80 bits per heavy atom. The maximum atomic E-state index is 14.6. The lowest BCUT2D eigenvalue weighted by Gasteiger charge is -2.24. The van der Waals surface area contributed by atoms with Gasteiger partial charge in [-0.3, -0.25) is 9.48 Å². The third kappa shape index (κ3) is 3.63. The first kappa shape index (κ1) is 18.1. The molecule has 25 heavy (non-hydrogen) atoms. The molecule has 0 saturated heterocycles. The molecule has 0 saturated carbocycles. The number of rotatable bonds is 2. The van der Waals surface area contributed by atoms with E-state index in [1.54, 1.807) is 5.32 Å². The van der Waals surface area contributed by atoms with Gasteiger partial charge in [0.15, 0.2) is 0 Å². The average Bonchev–Trinajstić information content (AvgIpc) is 2.80. The van der Waals surface area contributed by atoms with Gasteiger partial charge in [0.2, 0.25) is 0 Å². The fourth-order valence-corrected chi connectivity index (χ4v) is 3.45. The van der Waals surface area contributed by atoms with Crippen molar-refractivity contribution in [2.24, 2.45) is 5.92 Å². The summed E-state index contributed by atoms with van der Waals surface area (Å²) in [6, 6.07) is 0. The molecule has 3 heterocycles. The van der Waals surface area contributed by atoms with E-state index in [1.165, 1.54) is 4.68 Å². The van der Waals surface area contributed by atoms with E-state index in [1.807, 2.05) is 11.9 Å². The minimum Gasteiger partial charge on any atom is -0.348 e. The molecule has 1 aromatic heterocycles. The highest BCUT2D eigenvalue weighted by molar-refractivity contribution is 5.81. The molecule has 1 unspecified atom stereocenters. The Balaban J connectivity index is 1.80. The molecule has 140 valence electrons. The Bertz CT molecular complexity index is 670. The molecule has 3 rings (SSSR count). The van der Waals surface area contributed by atoms with Crippen LogP contribution in [-0.4, -0.2) is 46.9 Å². The van der Waals surface area contributed by atoms with Crippen LogP contribution < -0.4 is 5.32 Å². The molecule has 0 bridgehead atoms. The molecule has 0 radical (unpaired) electrons. The molecule has 2 aliphatic rings. The third-order valence-corrected chi connectivity index (χ3v) is 4.75. The Kier molecular flexibility index (Phi) is 4.50. The second kappa shape index (κ2) is 6.22.